The molecule has 3 heterocycles. The summed E-state index contributed by atoms with van der Waals surface area (Å²) in [6, 6.07) is 0. The summed E-state index contributed by atoms with van der Waals surface area (Å²) in [5.74, 6) is 0.448. The second-order valence-corrected chi connectivity index (χ2v) is 5.64. The third kappa shape index (κ3) is 2.66. The normalized spacial score (nSPS) is 21.4. The fraction of sp³-hybridized carbons (Fsp3) is 0.643. The van der Waals surface area contributed by atoms with Crippen LogP contribution in [0.5, 0.6) is 0 Å². The minimum absolute atomic E-state index is 0.304. The van der Waals surface area contributed by atoms with E-state index in [0.29, 0.717) is 11.4 Å². The fourth-order valence-electron chi connectivity index (χ4n) is 3.05. The molecule has 0 saturated carbocycles. The minimum atomic E-state index is -0.304. The van der Waals surface area contributed by atoms with Crippen molar-refractivity contribution < 1.29 is 4.39 Å². The SMILES string of the molecule is Nc1cncc(F)c1N1CCC(CN2CCC2)CC1. The number of nitrogens with two attached hydrogens (primary N) is 1. The third-order valence-electron chi connectivity index (χ3n) is 4.30. The van der Waals surface area contributed by atoms with E-state index in [0.717, 1.165) is 31.8 Å². The number of aromatic nitrogens is 1. The van der Waals surface area contributed by atoms with Crippen molar-refractivity contribution >= 4 is 11.4 Å². The first kappa shape index (κ1) is 12.7. The highest BCUT2D eigenvalue weighted by atomic mass is 19.1. The van der Waals surface area contributed by atoms with E-state index in [2.05, 4.69) is 14.8 Å². The van der Waals surface area contributed by atoms with Crippen molar-refractivity contribution in [3.63, 3.8) is 0 Å². The molecule has 19 heavy (non-hydrogen) atoms. The number of nitrogens with zero attached hydrogens (tertiary/aromatic N) is 3. The summed E-state index contributed by atoms with van der Waals surface area (Å²) in [5, 5.41) is 0. The van der Waals surface area contributed by atoms with Gasteiger partial charge in [0.05, 0.1) is 23.8 Å². The first-order valence-corrected chi connectivity index (χ1v) is 7.10. The first-order chi connectivity index (χ1) is 9.24. The molecule has 0 unspecified atom stereocenters. The molecule has 2 saturated heterocycles. The van der Waals surface area contributed by atoms with Gasteiger partial charge in [-0.25, -0.2) is 4.39 Å². The highest BCUT2D eigenvalue weighted by Crippen LogP contribution is 2.30. The van der Waals surface area contributed by atoms with Crippen LogP contribution in [-0.4, -0.2) is 42.6 Å². The molecule has 0 atom stereocenters. The Morgan fingerprint density at radius 2 is 1.95 bits per heavy atom. The maximum Gasteiger partial charge on any atom is 0.166 e. The Morgan fingerprint density at radius 3 is 2.53 bits per heavy atom. The molecule has 5 heteroatoms. The Bertz CT molecular complexity index is 419. The quantitative estimate of drug-likeness (QED) is 0.903. The Labute approximate surface area is 113 Å². The summed E-state index contributed by atoms with van der Waals surface area (Å²) in [5.41, 5.74) is 6.83. The predicted octanol–water partition coefficient (Wildman–Crippen LogP) is 1.73. The number of anilines is 2. The minimum Gasteiger partial charge on any atom is -0.396 e. The molecule has 0 bridgehead atoms. The number of piperidine rings is 1. The topological polar surface area (TPSA) is 45.4 Å². The zero-order valence-corrected chi connectivity index (χ0v) is 11.2. The van der Waals surface area contributed by atoms with Gasteiger partial charge in [-0.15, -0.1) is 0 Å². The van der Waals surface area contributed by atoms with Crippen LogP contribution >= 0.6 is 0 Å². The zero-order chi connectivity index (χ0) is 13.2. The van der Waals surface area contributed by atoms with Crippen LogP contribution in [0.4, 0.5) is 15.8 Å². The maximum absolute atomic E-state index is 13.8. The molecule has 3 rings (SSSR count). The summed E-state index contributed by atoms with van der Waals surface area (Å²) in [6.07, 6.45) is 6.37. The van der Waals surface area contributed by atoms with Crippen LogP contribution in [0.2, 0.25) is 0 Å². The van der Waals surface area contributed by atoms with E-state index in [1.165, 1.54) is 38.4 Å². The first-order valence-electron chi connectivity index (χ1n) is 7.10. The van der Waals surface area contributed by atoms with Crippen molar-refractivity contribution in [1.82, 2.24) is 9.88 Å². The number of rotatable bonds is 3. The van der Waals surface area contributed by atoms with E-state index in [4.69, 9.17) is 5.73 Å². The van der Waals surface area contributed by atoms with Gasteiger partial charge in [0.1, 0.15) is 0 Å². The average molecular weight is 264 g/mol. The number of pyridine rings is 1. The molecule has 0 spiro atoms. The predicted molar refractivity (Wildman–Crippen MR) is 74.6 cm³/mol. The summed E-state index contributed by atoms with van der Waals surface area (Å²) in [7, 11) is 0. The summed E-state index contributed by atoms with van der Waals surface area (Å²) < 4.78 is 13.8. The lowest BCUT2D eigenvalue weighted by molar-refractivity contribution is 0.142. The lowest BCUT2D eigenvalue weighted by atomic mass is 9.94. The number of hydrogen-bond acceptors (Lipinski definition) is 4. The van der Waals surface area contributed by atoms with E-state index in [9.17, 15) is 4.39 Å². The summed E-state index contributed by atoms with van der Waals surface area (Å²) in [6.45, 7) is 5.51. The molecule has 0 amide bonds. The molecular weight excluding hydrogens is 243 g/mol. The number of halogens is 1. The van der Waals surface area contributed by atoms with Crippen LogP contribution in [-0.2, 0) is 0 Å². The monoisotopic (exact) mass is 264 g/mol. The highest BCUT2D eigenvalue weighted by molar-refractivity contribution is 5.66. The molecule has 2 aliphatic rings. The maximum atomic E-state index is 13.8. The van der Waals surface area contributed by atoms with E-state index < -0.39 is 0 Å². The molecular formula is C14H21FN4. The van der Waals surface area contributed by atoms with Gasteiger partial charge in [-0.1, -0.05) is 0 Å². The van der Waals surface area contributed by atoms with Crippen LogP contribution in [0, 0.1) is 11.7 Å². The lowest BCUT2D eigenvalue weighted by Gasteiger charge is -2.39. The number of nitrogen functional groups attached to an aromatic ring is 1. The number of likely N-dealkylation sites (tertiary alicyclic amines) is 1. The molecule has 1 aromatic heterocycles. The summed E-state index contributed by atoms with van der Waals surface area (Å²) in [4.78, 5) is 8.36. The second kappa shape index (κ2) is 5.33. The largest absolute Gasteiger partial charge is 0.396 e. The fourth-order valence-corrected chi connectivity index (χ4v) is 3.05. The molecule has 0 radical (unpaired) electrons. The van der Waals surface area contributed by atoms with Crippen molar-refractivity contribution in [2.45, 2.75) is 19.3 Å². The highest BCUT2D eigenvalue weighted by Gasteiger charge is 2.25. The van der Waals surface area contributed by atoms with E-state index in [1.807, 2.05) is 0 Å². The Balaban J connectivity index is 1.60. The number of hydrogen-bond donors (Lipinski definition) is 1. The smallest absolute Gasteiger partial charge is 0.166 e. The van der Waals surface area contributed by atoms with Crippen LogP contribution in [0.1, 0.15) is 19.3 Å². The van der Waals surface area contributed by atoms with Crippen LogP contribution in [0.25, 0.3) is 0 Å². The zero-order valence-electron chi connectivity index (χ0n) is 11.2. The van der Waals surface area contributed by atoms with Crippen molar-refractivity contribution in [3.05, 3.63) is 18.2 Å². The molecule has 2 N–H and O–H groups in total. The van der Waals surface area contributed by atoms with Crippen molar-refractivity contribution in [1.29, 1.82) is 0 Å². The molecule has 0 aliphatic carbocycles. The van der Waals surface area contributed by atoms with Gasteiger partial charge in [-0.05, 0) is 38.3 Å². The molecule has 104 valence electrons. The molecule has 1 aromatic rings. The van der Waals surface area contributed by atoms with E-state index >= 15 is 0 Å². The molecule has 2 fully saturated rings. The van der Waals surface area contributed by atoms with Gasteiger partial charge in [0.2, 0.25) is 0 Å². The van der Waals surface area contributed by atoms with Gasteiger partial charge in [-0.3, -0.25) is 4.98 Å². The Morgan fingerprint density at radius 1 is 1.21 bits per heavy atom. The van der Waals surface area contributed by atoms with Gasteiger partial charge in [0, 0.05) is 19.6 Å². The van der Waals surface area contributed by atoms with Gasteiger partial charge in [-0.2, -0.15) is 0 Å². The van der Waals surface area contributed by atoms with Crippen molar-refractivity contribution in [3.8, 4) is 0 Å². The van der Waals surface area contributed by atoms with Crippen molar-refractivity contribution in [2.75, 3.05) is 43.4 Å². The van der Waals surface area contributed by atoms with Gasteiger partial charge >= 0.3 is 0 Å². The van der Waals surface area contributed by atoms with Crippen LogP contribution in [0.3, 0.4) is 0 Å². The standard InChI is InChI=1S/C14H21FN4/c15-12-8-17-9-13(16)14(12)19-6-2-11(3-7-19)10-18-4-1-5-18/h8-9,11H,1-7,10,16H2. The van der Waals surface area contributed by atoms with E-state index in [-0.39, 0.29) is 5.82 Å². The van der Waals surface area contributed by atoms with Crippen LogP contribution in [0.15, 0.2) is 12.4 Å². The Kier molecular flexibility index (Phi) is 3.55. The van der Waals surface area contributed by atoms with Crippen molar-refractivity contribution in [2.24, 2.45) is 5.92 Å². The Hall–Kier alpha value is -1.36. The molecule has 2 aliphatic heterocycles. The molecule has 4 nitrogen and oxygen atoms in total. The van der Waals surface area contributed by atoms with Gasteiger partial charge in [0.15, 0.2) is 5.82 Å². The van der Waals surface area contributed by atoms with Gasteiger partial charge < -0.3 is 15.5 Å². The van der Waals surface area contributed by atoms with E-state index in [1.54, 1.807) is 0 Å². The van der Waals surface area contributed by atoms with Crippen LogP contribution < -0.4 is 10.6 Å². The second-order valence-electron chi connectivity index (χ2n) is 5.64. The molecule has 0 aromatic carbocycles. The third-order valence-corrected chi connectivity index (χ3v) is 4.30. The average Bonchev–Trinajstić information content (AvgIpc) is 2.35. The lowest BCUT2D eigenvalue weighted by Crippen LogP contribution is -2.44. The summed E-state index contributed by atoms with van der Waals surface area (Å²) >= 11 is 0. The van der Waals surface area contributed by atoms with Gasteiger partial charge in [0.25, 0.3) is 0 Å².